The molecule has 5 nitrogen and oxygen atoms in total. The van der Waals surface area contributed by atoms with Gasteiger partial charge >= 0.3 is 0 Å². The van der Waals surface area contributed by atoms with Gasteiger partial charge in [0.1, 0.15) is 5.52 Å². The summed E-state index contributed by atoms with van der Waals surface area (Å²) in [5.74, 6) is 2.36. The normalized spacial score (nSPS) is 11.4. The SMILES string of the molecule is c1ccc(-c2ccc(-c3nc(-c4cccc(-c5cccc6ccccc56)c4)nc(-c4ccccc4-c4cccc5ccc6nc(-c7ccccc7)oc6c45)n3)cc2)cc1. The van der Waals surface area contributed by atoms with Gasteiger partial charge in [0.2, 0.25) is 5.89 Å². The molecule has 0 bridgehead atoms. The maximum atomic E-state index is 6.59. The van der Waals surface area contributed by atoms with Crippen LogP contribution >= 0.6 is 0 Å². The second-order valence-corrected chi connectivity index (χ2v) is 14.6. The highest BCUT2D eigenvalue weighted by Gasteiger charge is 2.20. The standard InChI is InChI=1S/C54H34N4O/c1-3-14-35(15-4-1)36-28-30-39(31-29-36)51-56-52(42-22-11-21-41(34-42)44-26-12-19-37-16-7-8-23-43(37)44)58-53(57-51)47-25-10-9-24-45(47)46-27-13-20-38-32-33-48-50(49(38)46)59-54(55-48)40-17-5-2-6-18-40/h1-34H. The smallest absolute Gasteiger partial charge is 0.227 e. The molecule has 59 heavy (non-hydrogen) atoms. The highest BCUT2D eigenvalue weighted by molar-refractivity contribution is 6.12. The Morgan fingerprint density at radius 3 is 1.66 bits per heavy atom. The summed E-state index contributed by atoms with van der Waals surface area (Å²) in [6, 6.07) is 71.1. The van der Waals surface area contributed by atoms with Crippen LogP contribution in [0.25, 0.3) is 112 Å². The summed E-state index contributed by atoms with van der Waals surface area (Å²) in [4.78, 5) is 20.6. The number of hydrogen-bond acceptors (Lipinski definition) is 5. The molecule has 276 valence electrons. The Balaban J connectivity index is 1.10. The lowest BCUT2D eigenvalue weighted by molar-refractivity contribution is 0.623. The summed E-state index contributed by atoms with van der Waals surface area (Å²) in [7, 11) is 0. The summed E-state index contributed by atoms with van der Waals surface area (Å²) in [6.07, 6.45) is 0. The van der Waals surface area contributed by atoms with Crippen LogP contribution in [-0.2, 0) is 0 Å². The average molecular weight is 755 g/mol. The number of oxazole rings is 1. The Morgan fingerprint density at radius 1 is 0.305 bits per heavy atom. The van der Waals surface area contributed by atoms with E-state index in [0.29, 0.717) is 23.4 Å². The van der Waals surface area contributed by atoms with Crippen LogP contribution in [0, 0.1) is 0 Å². The molecular formula is C54H34N4O. The number of aromatic nitrogens is 4. The molecule has 5 heteroatoms. The van der Waals surface area contributed by atoms with E-state index in [-0.39, 0.29) is 0 Å². The van der Waals surface area contributed by atoms with Crippen molar-refractivity contribution in [3.05, 3.63) is 206 Å². The van der Waals surface area contributed by atoms with Gasteiger partial charge in [-0.2, -0.15) is 0 Å². The number of rotatable bonds is 7. The molecular weight excluding hydrogens is 721 g/mol. The maximum absolute atomic E-state index is 6.59. The third-order valence-electron chi connectivity index (χ3n) is 11.0. The van der Waals surface area contributed by atoms with Crippen LogP contribution in [0.2, 0.25) is 0 Å². The molecule has 11 aromatic rings. The van der Waals surface area contributed by atoms with Gasteiger partial charge in [-0.15, -0.1) is 0 Å². The quantitative estimate of drug-likeness (QED) is 0.162. The van der Waals surface area contributed by atoms with Crippen molar-refractivity contribution < 1.29 is 4.42 Å². The van der Waals surface area contributed by atoms with Crippen molar-refractivity contribution in [3.63, 3.8) is 0 Å². The maximum Gasteiger partial charge on any atom is 0.227 e. The second-order valence-electron chi connectivity index (χ2n) is 14.6. The van der Waals surface area contributed by atoms with Crippen molar-refractivity contribution in [3.8, 4) is 79.0 Å². The molecule has 0 aliphatic rings. The van der Waals surface area contributed by atoms with E-state index in [4.69, 9.17) is 24.4 Å². The summed E-state index contributed by atoms with van der Waals surface area (Å²) in [6.45, 7) is 0. The fourth-order valence-electron chi connectivity index (χ4n) is 8.10. The summed E-state index contributed by atoms with van der Waals surface area (Å²) >= 11 is 0. The van der Waals surface area contributed by atoms with Gasteiger partial charge in [-0.05, 0) is 73.8 Å². The Labute approximate surface area is 341 Å². The molecule has 9 aromatic carbocycles. The fraction of sp³-hybridized carbons (Fsp3) is 0. The molecule has 0 aliphatic heterocycles. The van der Waals surface area contributed by atoms with Crippen LogP contribution in [0.1, 0.15) is 0 Å². The van der Waals surface area contributed by atoms with Crippen LogP contribution in [0.5, 0.6) is 0 Å². The molecule has 0 atom stereocenters. The first-order valence-corrected chi connectivity index (χ1v) is 19.7. The number of benzene rings is 9. The van der Waals surface area contributed by atoms with Gasteiger partial charge in [-0.3, -0.25) is 0 Å². The first kappa shape index (κ1) is 34.2. The van der Waals surface area contributed by atoms with Gasteiger partial charge in [0.25, 0.3) is 0 Å². The first-order chi connectivity index (χ1) is 29.2. The zero-order valence-corrected chi connectivity index (χ0v) is 31.8. The van der Waals surface area contributed by atoms with Crippen molar-refractivity contribution >= 4 is 32.6 Å². The van der Waals surface area contributed by atoms with Crippen molar-refractivity contribution in [1.82, 2.24) is 19.9 Å². The van der Waals surface area contributed by atoms with E-state index in [1.54, 1.807) is 0 Å². The molecule has 0 N–H and O–H groups in total. The summed E-state index contributed by atoms with van der Waals surface area (Å²) in [5, 5.41) is 4.44. The molecule has 0 aliphatic carbocycles. The molecule has 0 unspecified atom stereocenters. The van der Waals surface area contributed by atoms with E-state index in [1.165, 1.54) is 10.8 Å². The molecule has 0 saturated heterocycles. The molecule has 2 aromatic heterocycles. The molecule has 11 rings (SSSR count). The van der Waals surface area contributed by atoms with E-state index < -0.39 is 0 Å². The number of nitrogens with zero attached hydrogens (tertiary/aromatic N) is 4. The minimum atomic E-state index is 0.579. The lowest BCUT2D eigenvalue weighted by Gasteiger charge is -2.14. The van der Waals surface area contributed by atoms with Crippen molar-refractivity contribution in [2.45, 2.75) is 0 Å². The van der Waals surface area contributed by atoms with Gasteiger partial charge < -0.3 is 4.42 Å². The Kier molecular flexibility index (Phi) is 8.41. The molecule has 0 spiro atoms. The second kappa shape index (κ2) is 14.5. The van der Waals surface area contributed by atoms with E-state index in [2.05, 4.69) is 158 Å². The Morgan fingerprint density at radius 2 is 0.847 bits per heavy atom. The highest BCUT2D eigenvalue weighted by atomic mass is 16.3. The third-order valence-corrected chi connectivity index (χ3v) is 11.0. The number of hydrogen-bond donors (Lipinski definition) is 0. The zero-order chi connectivity index (χ0) is 39.1. The van der Waals surface area contributed by atoms with Crippen molar-refractivity contribution in [2.24, 2.45) is 0 Å². The van der Waals surface area contributed by atoms with Gasteiger partial charge in [0, 0.05) is 27.6 Å². The van der Waals surface area contributed by atoms with Gasteiger partial charge in [0.05, 0.1) is 0 Å². The van der Waals surface area contributed by atoms with E-state index >= 15 is 0 Å². The average Bonchev–Trinajstić information content (AvgIpc) is 3.77. The van der Waals surface area contributed by atoms with Gasteiger partial charge in [-0.25, -0.2) is 19.9 Å². The van der Waals surface area contributed by atoms with Crippen LogP contribution in [0.15, 0.2) is 211 Å². The minimum Gasteiger partial charge on any atom is -0.435 e. The Hall–Kier alpha value is -8.02. The van der Waals surface area contributed by atoms with Gasteiger partial charge in [-0.1, -0.05) is 182 Å². The van der Waals surface area contributed by atoms with Crippen LogP contribution < -0.4 is 0 Å². The predicted octanol–water partition coefficient (Wildman–Crippen LogP) is 14.0. The fourth-order valence-corrected chi connectivity index (χ4v) is 8.10. The van der Waals surface area contributed by atoms with Gasteiger partial charge in [0.15, 0.2) is 23.1 Å². The monoisotopic (exact) mass is 754 g/mol. The predicted molar refractivity (Wildman–Crippen MR) is 240 cm³/mol. The summed E-state index contributed by atoms with van der Waals surface area (Å²) < 4.78 is 6.59. The van der Waals surface area contributed by atoms with Crippen molar-refractivity contribution in [1.29, 1.82) is 0 Å². The largest absolute Gasteiger partial charge is 0.435 e. The van der Waals surface area contributed by atoms with Crippen LogP contribution in [0.4, 0.5) is 0 Å². The molecule has 0 saturated carbocycles. The van der Waals surface area contributed by atoms with Crippen molar-refractivity contribution in [2.75, 3.05) is 0 Å². The van der Waals surface area contributed by atoms with E-state index in [0.717, 1.165) is 77.5 Å². The highest BCUT2D eigenvalue weighted by Crippen LogP contribution is 2.41. The summed E-state index contributed by atoms with van der Waals surface area (Å²) in [5.41, 5.74) is 11.7. The molecule has 0 fully saturated rings. The first-order valence-electron chi connectivity index (χ1n) is 19.7. The topological polar surface area (TPSA) is 64.7 Å². The molecule has 0 amide bonds. The Bertz CT molecular complexity index is 3310. The van der Waals surface area contributed by atoms with Crippen LogP contribution in [0.3, 0.4) is 0 Å². The molecule has 0 radical (unpaired) electrons. The lowest BCUT2D eigenvalue weighted by atomic mass is 9.93. The number of fused-ring (bicyclic) bond motifs is 4. The lowest BCUT2D eigenvalue weighted by Crippen LogP contribution is -2.01. The van der Waals surface area contributed by atoms with E-state index in [9.17, 15) is 0 Å². The molecule has 2 heterocycles. The van der Waals surface area contributed by atoms with E-state index in [1.807, 2.05) is 48.5 Å². The van der Waals surface area contributed by atoms with Crippen LogP contribution in [-0.4, -0.2) is 19.9 Å². The third kappa shape index (κ3) is 6.32. The minimum absolute atomic E-state index is 0.579. The zero-order valence-electron chi connectivity index (χ0n) is 31.8.